The van der Waals surface area contributed by atoms with Crippen LogP contribution in [0.5, 0.6) is 0 Å². The van der Waals surface area contributed by atoms with Crippen molar-refractivity contribution in [1.82, 2.24) is 0 Å². The van der Waals surface area contributed by atoms with Crippen LogP contribution >= 0.6 is 0 Å². The highest BCUT2D eigenvalue weighted by Gasteiger charge is 2.21. The van der Waals surface area contributed by atoms with Crippen LogP contribution in [-0.2, 0) is 4.74 Å². The number of rotatable bonds is 4. The largest absolute Gasteiger partial charge is 0.393 e. The molecule has 2 aliphatic rings. The van der Waals surface area contributed by atoms with Crippen LogP contribution in [0.15, 0.2) is 0 Å². The van der Waals surface area contributed by atoms with Gasteiger partial charge in [-0.2, -0.15) is 0 Å². The van der Waals surface area contributed by atoms with Gasteiger partial charge in [0.1, 0.15) is 0 Å². The molecule has 0 aromatic rings. The van der Waals surface area contributed by atoms with E-state index in [2.05, 4.69) is 0 Å². The Morgan fingerprint density at radius 1 is 0.875 bits per heavy atom. The maximum atomic E-state index is 10.1. The molecule has 1 aliphatic heterocycles. The second kappa shape index (κ2) is 6.61. The van der Waals surface area contributed by atoms with Crippen LogP contribution in [0, 0.1) is 11.8 Å². The van der Waals surface area contributed by atoms with Gasteiger partial charge in [0.2, 0.25) is 0 Å². The van der Waals surface area contributed by atoms with E-state index in [1.54, 1.807) is 0 Å². The van der Waals surface area contributed by atoms with E-state index in [1.807, 2.05) is 0 Å². The van der Waals surface area contributed by atoms with Crippen LogP contribution in [0.2, 0.25) is 0 Å². The molecule has 94 valence electrons. The minimum absolute atomic E-state index is 0.0498. The summed E-state index contributed by atoms with van der Waals surface area (Å²) in [5.41, 5.74) is 0. The van der Waals surface area contributed by atoms with Crippen molar-refractivity contribution < 1.29 is 9.84 Å². The molecule has 1 heterocycles. The smallest absolute Gasteiger partial charge is 0.0545 e. The van der Waals surface area contributed by atoms with E-state index in [9.17, 15) is 5.11 Å². The highest BCUT2D eigenvalue weighted by molar-refractivity contribution is 4.73. The van der Waals surface area contributed by atoms with Gasteiger partial charge in [0.15, 0.2) is 0 Å². The molecular weight excluding hydrogens is 200 g/mol. The van der Waals surface area contributed by atoms with Crippen molar-refractivity contribution in [2.75, 3.05) is 13.2 Å². The number of ether oxygens (including phenoxy) is 1. The van der Waals surface area contributed by atoms with Gasteiger partial charge in [-0.1, -0.05) is 32.1 Å². The zero-order valence-corrected chi connectivity index (χ0v) is 10.4. The minimum atomic E-state index is -0.0498. The van der Waals surface area contributed by atoms with Gasteiger partial charge in [0, 0.05) is 13.2 Å². The standard InChI is InChI=1S/C14H26O2/c15-14(10-12-4-2-1-3-5-12)11-13-6-8-16-9-7-13/h12-15H,1-11H2. The summed E-state index contributed by atoms with van der Waals surface area (Å²) in [5.74, 6) is 1.52. The molecule has 0 aromatic heterocycles. The average molecular weight is 226 g/mol. The lowest BCUT2D eigenvalue weighted by Gasteiger charge is -2.28. The third kappa shape index (κ3) is 4.06. The summed E-state index contributed by atoms with van der Waals surface area (Å²) >= 11 is 0. The lowest BCUT2D eigenvalue weighted by Crippen LogP contribution is -2.23. The van der Waals surface area contributed by atoms with Crippen molar-refractivity contribution in [2.24, 2.45) is 11.8 Å². The Bertz CT molecular complexity index is 161. The van der Waals surface area contributed by atoms with Crippen molar-refractivity contribution in [1.29, 1.82) is 0 Å². The van der Waals surface area contributed by atoms with Crippen molar-refractivity contribution in [3.05, 3.63) is 0 Å². The predicted molar refractivity (Wildman–Crippen MR) is 65.4 cm³/mol. The third-order valence-corrected chi connectivity index (χ3v) is 4.28. The van der Waals surface area contributed by atoms with Gasteiger partial charge >= 0.3 is 0 Å². The topological polar surface area (TPSA) is 29.5 Å². The Kier molecular flexibility index (Phi) is 5.11. The molecule has 2 rings (SSSR count). The highest BCUT2D eigenvalue weighted by Crippen LogP contribution is 2.30. The lowest BCUT2D eigenvalue weighted by atomic mass is 9.83. The molecule has 2 fully saturated rings. The first kappa shape index (κ1) is 12.4. The molecule has 0 spiro atoms. The van der Waals surface area contributed by atoms with Crippen molar-refractivity contribution in [2.45, 2.75) is 63.9 Å². The van der Waals surface area contributed by atoms with Crippen molar-refractivity contribution >= 4 is 0 Å². The fourth-order valence-electron chi connectivity index (χ4n) is 3.27. The Labute approximate surface area is 99.4 Å². The van der Waals surface area contributed by atoms with Gasteiger partial charge in [-0.15, -0.1) is 0 Å². The van der Waals surface area contributed by atoms with Gasteiger partial charge in [0.25, 0.3) is 0 Å². The van der Waals surface area contributed by atoms with E-state index in [0.717, 1.165) is 44.8 Å². The van der Waals surface area contributed by atoms with Gasteiger partial charge in [-0.05, 0) is 37.5 Å². The van der Waals surface area contributed by atoms with Gasteiger partial charge in [-0.25, -0.2) is 0 Å². The molecule has 16 heavy (non-hydrogen) atoms. The Morgan fingerprint density at radius 2 is 1.44 bits per heavy atom. The summed E-state index contributed by atoms with van der Waals surface area (Å²) in [5, 5.41) is 10.1. The second-order valence-corrected chi connectivity index (χ2v) is 5.69. The molecule has 1 saturated carbocycles. The summed E-state index contributed by atoms with van der Waals surface area (Å²) in [6.07, 6.45) is 11.2. The van der Waals surface area contributed by atoms with Crippen LogP contribution < -0.4 is 0 Å². The molecule has 2 heteroatoms. The summed E-state index contributed by atoms with van der Waals surface area (Å²) in [6, 6.07) is 0. The Balaban J connectivity index is 1.64. The van der Waals surface area contributed by atoms with Crippen LogP contribution in [0.3, 0.4) is 0 Å². The summed E-state index contributed by atoms with van der Waals surface area (Å²) in [7, 11) is 0. The number of hydrogen-bond acceptors (Lipinski definition) is 2. The maximum Gasteiger partial charge on any atom is 0.0545 e. The van der Waals surface area contributed by atoms with E-state index in [4.69, 9.17) is 4.74 Å². The normalized spacial score (nSPS) is 26.8. The molecule has 1 N–H and O–H groups in total. The monoisotopic (exact) mass is 226 g/mol. The fourth-order valence-corrected chi connectivity index (χ4v) is 3.27. The van der Waals surface area contributed by atoms with Gasteiger partial charge < -0.3 is 9.84 Å². The van der Waals surface area contributed by atoms with Crippen LogP contribution in [0.4, 0.5) is 0 Å². The van der Waals surface area contributed by atoms with Gasteiger partial charge in [0.05, 0.1) is 6.10 Å². The van der Waals surface area contributed by atoms with E-state index in [-0.39, 0.29) is 6.10 Å². The zero-order valence-electron chi connectivity index (χ0n) is 10.4. The Hall–Kier alpha value is -0.0800. The average Bonchev–Trinajstić information content (AvgIpc) is 2.31. The zero-order chi connectivity index (χ0) is 11.2. The number of aliphatic hydroxyl groups is 1. The summed E-state index contributed by atoms with van der Waals surface area (Å²) in [4.78, 5) is 0. The first-order chi connectivity index (χ1) is 7.84. The van der Waals surface area contributed by atoms with Crippen LogP contribution in [-0.4, -0.2) is 24.4 Å². The quantitative estimate of drug-likeness (QED) is 0.798. The molecular formula is C14H26O2. The molecule has 1 atom stereocenters. The van der Waals surface area contributed by atoms with E-state index < -0.39 is 0 Å². The number of aliphatic hydroxyl groups excluding tert-OH is 1. The van der Waals surface area contributed by atoms with E-state index in [0.29, 0.717) is 5.92 Å². The first-order valence-electron chi connectivity index (χ1n) is 7.10. The molecule has 1 unspecified atom stereocenters. The van der Waals surface area contributed by atoms with Crippen molar-refractivity contribution in [3.63, 3.8) is 0 Å². The molecule has 0 bridgehead atoms. The minimum Gasteiger partial charge on any atom is -0.393 e. The fraction of sp³-hybridized carbons (Fsp3) is 1.00. The molecule has 1 saturated heterocycles. The van der Waals surface area contributed by atoms with Crippen molar-refractivity contribution in [3.8, 4) is 0 Å². The van der Waals surface area contributed by atoms with Crippen LogP contribution in [0.25, 0.3) is 0 Å². The van der Waals surface area contributed by atoms with Gasteiger partial charge in [-0.3, -0.25) is 0 Å². The molecule has 2 nitrogen and oxygen atoms in total. The molecule has 0 aromatic carbocycles. The summed E-state index contributed by atoms with van der Waals surface area (Å²) in [6.45, 7) is 1.81. The number of hydrogen-bond donors (Lipinski definition) is 1. The lowest BCUT2D eigenvalue weighted by molar-refractivity contribution is 0.0366. The molecule has 1 aliphatic carbocycles. The predicted octanol–water partition coefficient (Wildman–Crippen LogP) is 3.13. The molecule has 0 radical (unpaired) electrons. The highest BCUT2D eigenvalue weighted by atomic mass is 16.5. The van der Waals surface area contributed by atoms with Crippen LogP contribution in [0.1, 0.15) is 57.8 Å². The van der Waals surface area contributed by atoms with E-state index in [1.165, 1.54) is 32.1 Å². The maximum absolute atomic E-state index is 10.1. The second-order valence-electron chi connectivity index (χ2n) is 5.69. The first-order valence-corrected chi connectivity index (χ1v) is 7.10. The van der Waals surface area contributed by atoms with E-state index >= 15 is 0 Å². The SMILES string of the molecule is OC(CC1CCCCC1)CC1CCOCC1. The third-order valence-electron chi connectivity index (χ3n) is 4.28. The summed E-state index contributed by atoms with van der Waals surface area (Å²) < 4.78 is 5.35. The molecule has 0 amide bonds. The Morgan fingerprint density at radius 3 is 2.06 bits per heavy atom.